The summed E-state index contributed by atoms with van der Waals surface area (Å²) >= 11 is 6.16. The SMILES string of the molecule is CN1CCCN(c2nc(-c3ccnc(F)c3)[nH]c(=O)c2Cl)CC1. The maximum Gasteiger partial charge on any atom is 0.272 e. The quantitative estimate of drug-likeness (QED) is 0.846. The second kappa shape index (κ2) is 6.64. The van der Waals surface area contributed by atoms with Crippen molar-refractivity contribution in [1.82, 2.24) is 19.9 Å². The van der Waals surface area contributed by atoms with Gasteiger partial charge >= 0.3 is 0 Å². The molecule has 0 unspecified atom stereocenters. The molecule has 3 heterocycles. The first kappa shape index (κ1) is 15.9. The molecule has 1 saturated heterocycles. The lowest BCUT2D eigenvalue weighted by atomic mass is 10.2. The van der Waals surface area contributed by atoms with Gasteiger partial charge in [0.15, 0.2) is 5.82 Å². The van der Waals surface area contributed by atoms with Crippen LogP contribution < -0.4 is 10.5 Å². The number of aromatic nitrogens is 3. The second-order valence-electron chi connectivity index (χ2n) is 5.56. The normalized spacial score (nSPS) is 16.4. The van der Waals surface area contributed by atoms with E-state index >= 15 is 0 Å². The fraction of sp³-hybridized carbons (Fsp3) is 0.400. The molecular weight excluding hydrogens is 321 g/mol. The predicted molar refractivity (Wildman–Crippen MR) is 87.4 cm³/mol. The summed E-state index contributed by atoms with van der Waals surface area (Å²) in [6.45, 7) is 3.35. The molecule has 122 valence electrons. The molecule has 1 aliphatic rings. The van der Waals surface area contributed by atoms with Crippen molar-refractivity contribution in [2.75, 3.05) is 38.1 Å². The van der Waals surface area contributed by atoms with E-state index in [0.717, 1.165) is 32.6 Å². The zero-order valence-corrected chi connectivity index (χ0v) is 13.5. The summed E-state index contributed by atoms with van der Waals surface area (Å²) < 4.78 is 13.3. The zero-order chi connectivity index (χ0) is 16.4. The van der Waals surface area contributed by atoms with Crippen molar-refractivity contribution in [2.24, 2.45) is 0 Å². The fourth-order valence-corrected chi connectivity index (χ4v) is 2.81. The third-order valence-electron chi connectivity index (χ3n) is 3.86. The summed E-state index contributed by atoms with van der Waals surface area (Å²) in [5, 5.41) is 0.0628. The molecule has 2 aromatic heterocycles. The average molecular weight is 338 g/mol. The Morgan fingerprint density at radius 1 is 1.30 bits per heavy atom. The van der Waals surface area contributed by atoms with Crippen LogP contribution in [0.25, 0.3) is 11.4 Å². The highest BCUT2D eigenvalue weighted by atomic mass is 35.5. The van der Waals surface area contributed by atoms with Gasteiger partial charge in [-0.05, 0) is 26.1 Å². The Balaban J connectivity index is 2.02. The molecule has 0 aromatic carbocycles. The van der Waals surface area contributed by atoms with E-state index in [-0.39, 0.29) is 10.8 Å². The third-order valence-corrected chi connectivity index (χ3v) is 4.21. The molecule has 3 rings (SSSR count). The van der Waals surface area contributed by atoms with E-state index in [1.807, 2.05) is 4.90 Å². The van der Waals surface area contributed by atoms with Crippen molar-refractivity contribution in [3.63, 3.8) is 0 Å². The minimum absolute atomic E-state index is 0.0628. The van der Waals surface area contributed by atoms with E-state index in [0.29, 0.717) is 11.4 Å². The number of nitrogens with zero attached hydrogens (tertiary/aromatic N) is 4. The Bertz CT molecular complexity index is 766. The number of pyridine rings is 1. The van der Waals surface area contributed by atoms with E-state index in [4.69, 9.17) is 11.6 Å². The van der Waals surface area contributed by atoms with Gasteiger partial charge in [0.1, 0.15) is 10.8 Å². The van der Waals surface area contributed by atoms with Crippen molar-refractivity contribution < 1.29 is 4.39 Å². The minimum atomic E-state index is -0.627. The van der Waals surface area contributed by atoms with Gasteiger partial charge in [0.05, 0.1) is 0 Å². The van der Waals surface area contributed by atoms with Crippen LogP contribution in [0, 0.1) is 5.95 Å². The molecule has 1 N–H and O–H groups in total. The number of aromatic amines is 1. The summed E-state index contributed by atoms with van der Waals surface area (Å²) in [6.07, 6.45) is 2.29. The van der Waals surface area contributed by atoms with E-state index in [1.54, 1.807) is 6.07 Å². The van der Waals surface area contributed by atoms with Crippen LogP contribution in [-0.4, -0.2) is 53.1 Å². The molecule has 0 amide bonds. The van der Waals surface area contributed by atoms with Crippen LogP contribution in [0.15, 0.2) is 23.1 Å². The summed E-state index contributed by atoms with van der Waals surface area (Å²) in [5.41, 5.74) is 0.0287. The molecule has 0 atom stereocenters. The van der Waals surface area contributed by atoms with Crippen LogP contribution in [0.3, 0.4) is 0 Å². The van der Waals surface area contributed by atoms with Crippen molar-refractivity contribution in [3.8, 4) is 11.4 Å². The number of hydrogen-bond acceptors (Lipinski definition) is 5. The Kier molecular flexibility index (Phi) is 4.58. The molecule has 0 bridgehead atoms. The van der Waals surface area contributed by atoms with Crippen LogP contribution in [0.5, 0.6) is 0 Å². The van der Waals surface area contributed by atoms with Gasteiger partial charge in [-0.15, -0.1) is 0 Å². The highest BCUT2D eigenvalue weighted by Gasteiger charge is 2.19. The van der Waals surface area contributed by atoms with Crippen molar-refractivity contribution in [3.05, 3.63) is 39.7 Å². The van der Waals surface area contributed by atoms with Gasteiger partial charge in [-0.2, -0.15) is 4.39 Å². The lowest BCUT2D eigenvalue weighted by Gasteiger charge is -2.22. The summed E-state index contributed by atoms with van der Waals surface area (Å²) in [5.74, 6) is 0.101. The predicted octanol–water partition coefficient (Wildman–Crippen LogP) is 1.77. The van der Waals surface area contributed by atoms with Crippen molar-refractivity contribution in [1.29, 1.82) is 0 Å². The third kappa shape index (κ3) is 3.51. The molecule has 2 aromatic rings. The van der Waals surface area contributed by atoms with Gasteiger partial charge < -0.3 is 14.8 Å². The number of likely N-dealkylation sites (N-methyl/N-ethyl adjacent to an activating group) is 1. The molecule has 0 saturated carbocycles. The van der Waals surface area contributed by atoms with Gasteiger partial charge in [0.25, 0.3) is 5.56 Å². The molecule has 8 heteroatoms. The Labute approximate surface area is 137 Å². The van der Waals surface area contributed by atoms with Crippen LogP contribution in [0.2, 0.25) is 5.02 Å². The van der Waals surface area contributed by atoms with Crippen LogP contribution in [-0.2, 0) is 0 Å². The number of H-pyrrole nitrogens is 1. The topological polar surface area (TPSA) is 65.1 Å². The lowest BCUT2D eigenvalue weighted by Crippen LogP contribution is -2.31. The first-order valence-corrected chi connectivity index (χ1v) is 7.77. The number of nitrogens with one attached hydrogen (secondary N) is 1. The Morgan fingerprint density at radius 2 is 2.13 bits per heavy atom. The first-order valence-electron chi connectivity index (χ1n) is 7.40. The summed E-state index contributed by atoms with van der Waals surface area (Å²) in [7, 11) is 2.06. The molecule has 0 radical (unpaired) electrons. The molecule has 0 aliphatic carbocycles. The highest BCUT2D eigenvalue weighted by molar-refractivity contribution is 6.32. The van der Waals surface area contributed by atoms with Gasteiger partial charge in [0, 0.05) is 37.5 Å². The Hall–Kier alpha value is -1.99. The van der Waals surface area contributed by atoms with Crippen molar-refractivity contribution in [2.45, 2.75) is 6.42 Å². The number of halogens is 2. The van der Waals surface area contributed by atoms with Crippen LogP contribution in [0.4, 0.5) is 10.2 Å². The number of hydrogen-bond donors (Lipinski definition) is 1. The first-order chi connectivity index (χ1) is 11.0. The maximum absolute atomic E-state index is 13.3. The van der Waals surface area contributed by atoms with Crippen LogP contribution in [0.1, 0.15) is 6.42 Å². The maximum atomic E-state index is 13.3. The van der Waals surface area contributed by atoms with Gasteiger partial charge in [-0.25, -0.2) is 9.97 Å². The lowest BCUT2D eigenvalue weighted by molar-refractivity contribution is 0.360. The van der Waals surface area contributed by atoms with Gasteiger partial charge in [0.2, 0.25) is 5.95 Å². The second-order valence-corrected chi connectivity index (χ2v) is 5.94. The van der Waals surface area contributed by atoms with E-state index in [2.05, 4.69) is 26.9 Å². The molecule has 1 fully saturated rings. The largest absolute Gasteiger partial charge is 0.354 e. The number of anilines is 1. The van der Waals surface area contributed by atoms with Gasteiger partial charge in [-0.3, -0.25) is 4.79 Å². The fourth-order valence-electron chi connectivity index (χ4n) is 2.60. The zero-order valence-electron chi connectivity index (χ0n) is 12.7. The van der Waals surface area contributed by atoms with E-state index in [9.17, 15) is 9.18 Å². The van der Waals surface area contributed by atoms with E-state index < -0.39 is 11.5 Å². The molecule has 0 spiro atoms. The van der Waals surface area contributed by atoms with E-state index in [1.165, 1.54) is 12.3 Å². The number of rotatable bonds is 2. The average Bonchev–Trinajstić information content (AvgIpc) is 2.74. The Morgan fingerprint density at radius 3 is 2.91 bits per heavy atom. The summed E-state index contributed by atoms with van der Waals surface area (Å²) in [6, 6.07) is 2.82. The van der Waals surface area contributed by atoms with Gasteiger partial charge in [-0.1, -0.05) is 11.6 Å². The molecule has 23 heavy (non-hydrogen) atoms. The molecule has 6 nitrogen and oxygen atoms in total. The van der Waals surface area contributed by atoms with Crippen LogP contribution >= 0.6 is 11.6 Å². The van der Waals surface area contributed by atoms with Crippen molar-refractivity contribution >= 4 is 17.4 Å². The smallest absolute Gasteiger partial charge is 0.272 e. The minimum Gasteiger partial charge on any atom is -0.354 e. The standard InChI is InChI=1S/C15H17ClFN5O/c1-21-5-2-6-22(8-7-21)14-12(16)15(23)20-13(19-14)10-3-4-18-11(17)9-10/h3-4,9H,2,5-8H2,1H3,(H,19,20,23). The molecular formula is C15H17ClFN5O. The highest BCUT2D eigenvalue weighted by Crippen LogP contribution is 2.24. The monoisotopic (exact) mass is 337 g/mol. The molecule has 1 aliphatic heterocycles. The summed E-state index contributed by atoms with van der Waals surface area (Å²) in [4.78, 5) is 26.9.